The fourth-order valence-electron chi connectivity index (χ4n) is 3.38. The van der Waals surface area contributed by atoms with Crippen molar-refractivity contribution < 1.29 is 32.5 Å². The SMILES string of the molecule is CCOCC1CCC2C1OCCN2Cc1cccs1.O=C(O)C(F)(F)F. The van der Waals surface area contributed by atoms with E-state index < -0.39 is 12.1 Å². The maximum atomic E-state index is 10.6. The average molecular weight is 395 g/mol. The summed E-state index contributed by atoms with van der Waals surface area (Å²) >= 11 is 1.86. The summed E-state index contributed by atoms with van der Waals surface area (Å²) in [6, 6.07) is 4.98. The molecule has 5 nitrogen and oxygen atoms in total. The minimum absolute atomic E-state index is 0.389. The van der Waals surface area contributed by atoms with Gasteiger partial charge in [-0.1, -0.05) is 6.07 Å². The van der Waals surface area contributed by atoms with Crippen molar-refractivity contribution in [2.24, 2.45) is 5.92 Å². The molecule has 0 aromatic carbocycles. The lowest BCUT2D eigenvalue weighted by Gasteiger charge is -2.39. The normalized spacial score (nSPS) is 26.1. The number of morpholine rings is 1. The van der Waals surface area contributed by atoms with E-state index in [-0.39, 0.29) is 0 Å². The lowest BCUT2D eigenvalue weighted by molar-refractivity contribution is -0.192. The number of ether oxygens (including phenoxy) is 2. The molecule has 2 aliphatic rings. The first-order valence-corrected chi connectivity index (χ1v) is 9.46. The van der Waals surface area contributed by atoms with Gasteiger partial charge in [0.15, 0.2) is 0 Å². The van der Waals surface area contributed by atoms with Crippen molar-refractivity contribution in [1.82, 2.24) is 4.90 Å². The molecule has 0 amide bonds. The number of rotatable bonds is 5. The highest BCUT2D eigenvalue weighted by Gasteiger charge is 2.42. The van der Waals surface area contributed by atoms with Crippen LogP contribution in [0.4, 0.5) is 13.2 Å². The molecule has 3 rings (SSSR count). The van der Waals surface area contributed by atoms with Crippen molar-refractivity contribution in [3.8, 4) is 0 Å². The molecular weight excluding hydrogens is 371 g/mol. The van der Waals surface area contributed by atoms with E-state index >= 15 is 0 Å². The van der Waals surface area contributed by atoms with Gasteiger partial charge in [-0.25, -0.2) is 4.79 Å². The Morgan fingerprint density at radius 1 is 1.46 bits per heavy atom. The van der Waals surface area contributed by atoms with Crippen molar-refractivity contribution in [3.05, 3.63) is 22.4 Å². The van der Waals surface area contributed by atoms with E-state index in [1.807, 2.05) is 11.3 Å². The van der Waals surface area contributed by atoms with E-state index in [1.165, 1.54) is 17.7 Å². The molecule has 0 bridgehead atoms. The minimum atomic E-state index is -5.08. The predicted molar refractivity (Wildman–Crippen MR) is 91.2 cm³/mol. The first kappa shape index (κ1) is 21.1. The molecule has 9 heteroatoms. The molecule has 26 heavy (non-hydrogen) atoms. The number of fused-ring (bicyclic) bond motifs is 1. The van der Waals surface area contributed by atoms with Crippen LogP contribution in [0.5, 0.6) is 0 Å². The number of carbonyl (C=O) groups is 1. The van der Waals surface area contributed by atoms with Crippen LogP contribution in [0.15, 0.2) is 17.5 Å². The van der Waals surface area contributed by atoms with E-state index in [0.717, 1.165) is 32.9 Å². The van der Waals surface area contributed by atoms with E-state index in [0.29, 0.717) is 18.1 Å². The Balaban J connectivity index is 0.000000298. The van der Waals surface area contributed by atoms with Crippen LogP contribution in [-0.2, 0) is 20.8 Å². The zero-order valence-electron chi connectivity index (χ0n) is 14.6. The summed E-state index contributed by atoms with van der Waals surface area (Å²) in [6.45, 7) is 6.77. The third-order valence-corrected chi connectivity index (χ3v) is 5.41. The summed E-state index contributed by atoms with van der Waals surface area (Å²) in [5, 5.41) is 9.29. The Kier molecular flexibility index (Phi) is 7.87. The van der Waals surface area contributed by atoms with Crippen LogP contribution in [-0.4, -0.2) is 60.7 Å². The van der Waals surface area contributed by atoms with Crippen molar-refractivity contribution in [2.45, 2.75) is 44.6 Å². The lowest BCUT2D eigenvalue weighted by atomic mass is 10.0. The van der Waals surface area contributed by atoms with Gasteiger partial charge in [0.1, 0.15) is 0 Å². The quantitative estimate of drug-likeness (QED) is 0.828. The second kappa shape index (κ2) is 9.68. The molecule has 2 heterocycles. The number of carboxylic acid groups (broad SMARTS) is 1. The van der Waals surface area contributed by atoms with Gasteiger partial charge in [-0.3, -0.25) is 4.90 Å². The number of thiophene rings is 1. The van der Waals surface area contributed by atoms with Gasteiger partial charge in [-0.2, -0.15) is 13.2 Å². The van der Waals surface area contributed by atoms with Gasteiger partial charge in [0.2, 0.25) is 0 Å². The zero-order chi connectivity index (χ0) is 19.2. The largest absolute Gasteiger partial charge is 0.490 e. The third kappa shape index (κ3) is 5.94. The fraction of sp³-hybridized carbons (Fsp3) is 0.706. The predicted octanol–water partition coefficient (Wildman–Crippen LogP) is 3.40. The van der Waals surface area contributed by atoms with Gasteiger partial charge in [0, 0.05) is 36.5 Å². The van der Waals surface area contributed by atoms with Gasteiger partial charge in [0.05, 0.1) is 19.3 Å². The van der Waals surface area contributed by atoms with Crippen molar-refractivity contribution >= 4 is 17.3 Å². The van der Waals surface area contributed by atoms with Gasteiger partial charge >= 0.3 is 12.1 Å². The zero-order valence-corrected chi connectivity index (χ0v) is 15.4. The Morgan fingerprint density at radius 3 is 2.77 bits per heavy atom. The summed E-state index contributed by atoms with van der Waals surface area (Å²) < 4.78 is 43.4. The van der Waals surface area contributed by atoms with Gasteiger partial charge in [-0.05, 0) is 31.2 Å². The summed E-state index contributed by atoms with van der Waals surface area (Å²) in [5.41, 5.74) is 0. The highest BCUT2D eigenvalue weighted by Crippen LogP contribution is 2.35. The molecule has 1 aliphatic carbocycles. The second-order valence-corrected chi connectivity index (χ2v) is 7.28. The molecule has 0 radical (unpaired) electrons. The topological polar surface area (TPSA) is 59.0 Å². The number of hydrogen-bond donors (Lipinski definition) is 1. The maximum absolute atomic E-state index is 10.6. The Bertz CT molecular complexity index is 553. The number of aliphatic carboxylic acids is 1. The van der Waals surface area contributed by atoms with Gasteiger partial charge < -0.3 is 14.6 Å². The maximum Gasteiger partial charge on any atom is 0.490 e. The molecule has 1 saturated heterocycles. The number of alkyl halides is 3. The lowest BCUT2D eigenvalue weighted by Crippen LogP contribution is -2.50. The van der Waals surface area contributed by atoms with Crippen LogP contribution in [0.3, 0.4) is 0 Å². The van der Waals surface area contributed by atoms with Gasteiger partial charge in [0.25, 0.3) is 0 Å². The highest BCUT2D eigenvalue weighted by atomic mass is 32.1. The molecule has 0 spiro atoms. The molecule has 1 saturated carbocycles. The van der Waals surface area contributed by atoms with Crippen LogP contribution in [0.2, 0.25) is 0 Å². The molecule has 3 atom stereocenters. The first-order valence-electron chi connectivity index (χ1n) is 8.58. The number of nitrogens with zero attached hydrogens (tertiary/aromatic N) is 1. The molecule has 148 valence electrons. The fourth-order valence-corrected chi connectivity index (χ4v) is 4.11. The van der Waals surface area contributed by atoms with Crippen LogP contribution in [0.25, 0.3) is 0 Å². The van der Waals surface area contributed by atoms with Crippen molar-refractivity contribution in [2.75, 3.05) is 26.4 Å². The average Bonchev–Trinajstić information content (AvgIpc) is 3.23. The van der Waals surface area contributed by atoms with E-state index in [4.69, 9.17) is 19.4 Å². The third-order valence-electron chi connectivity index (χ3n) is 4.55. The van der Waals surface area contributed by atoms with Crippen LogP contribution in [0.1, 0.15) is 24.6 Å². The Hall–Kier alpha value is -1.16. The smallest absolute Gasteiger partial charge is 0.475 e. The summed E-state index contributed by atoms with van der Waals surface area (Å²) in [5.74, 6) is -2.16. The van der Waals surface area contributed by atoms with Gasteiger partial charge in [-0.15, -0.1) is 11.3 Å². The van der Waals surface area contributed by atoms with Crippen molar-refractivity contribution in [1.29, 1.82) is 0 Å². The standard InChI is InChI=1S/C15H23NO2S.C2HF3O2/c1-2-17-11-12-5-6-14-15(12)18-8-7-16(14)10-13-4-3-9-19-13;3-2(4,5)1(6)7/h3-4,9,12,14-15H,2,5-8,10-11H2,1H3;(H,6,7). The minimum Gasteiger partial charge on any atom is -0.475 e. The summed E-state index contributed by atoms with van der Waals surface area (Å²) in [4.78, 5) is 13.0. The molecule has 1 aromatic heterocycles. The number of carboxylic acids is 1. The van der Waals surface area contributed by atoms with Crippen LogP contribution >= 0.6 is 11.3 Å². The monoisotopic (exact) mass is 395 g/mol. The molecule has 1 aliphatic heterocycles. The molecular formula is C17H24F3NO4S. The number of hydrogen-bond acceptors (Lipinski definition) is 5. The molecule has 1 aromatic rings. The molecule has 3 unspecified atom stereocenters. The highest BCUT2D eigenvalue weighted by molar-refractivity contribution is 7.09. The Labute approximate surface area is 154 Å². The molecule has 1 N–H and O–H groups in total. The summed E-state index contributed by atoms with van der Waals surface area (Å²) in [7, 11) is 0. The van der Waals surface area contributed by atoms with Crippen molar-refractivity contribution in [3.63, 3.8) is 0 Å². The second-order valence-electron chi connectivity index (χ2n) is 6.25. The number of halogens is 3. The first-order chi connectivity index (χ1) is 12.3. The summed E-state index contributed by atoms with van der Waals surface area (Å²) in [6.07, 6.45) is -2.19. The van der Waals surface area contributed by atoms with E-state index in [2.05, 4.69) is 29.3 Å². The Morgan fingerprint density at radius 2 is 2.19 bits per heavy atom. The molecule has 2 fully saturated rings. The van der Waals surface area contributed by atoms with E-state index in [9.17, 15) is 13.2 Å². The van der Waals surface area contributed by atoms with Crippen LogP contribution < -0.4 is 0 Å². The van der Waals surface area contributed by atoms with E-state index in [1.54, 1.807) is 0 Å². The van der Waals surface area contributed by atoms with Crippen LogP contribution in [0, 0.1) is 5.92 Å².